The molecular formula is C49H55N7O8S. The maximum Gasteiger partial charge on any atom is 0.413 e. The van der Waals surface area contributed by atoms with Crippen molar-refractivity contribution in [1.29, 1.82) is 5.41 Å². The number of anilines is 1. The Labute approximate surface area is 380 Å². The van der Waals surface area contributed by atoms with Crippen molar-refractivity contribution in [3.05, 3.63) is 173 Å². The number of carbonyl (C=O) groups is 4. The van der Waals surface area contributed by atoms with E-state index in [1.807, 2.05) is 115 Å². The number of rotatable bonds is 18. The number of alkyl carbamates (subject to hydrolysis) is 1. The van der Waals surface area contributed by atoms with Gasteiger partial charge in [0.25, 0.3) is 0 Å². The van der Waals surface area contributed by atoms with Gasteiger partial charge in [-0.25, -0.2) is 18.0 Å². The summed E-state index contributed by atoms with van der Waals surface area (Å²) in [6.45, 7) is 3.60. The highest BCUT2D eigenvalue weighted by atomic mass is 32.2. The highest BCUT2D eigenvalue weighted by Gasteiger charge is 2.33. The van der Waals surface area contributed by atoms with Crippen LogP contribution in [0.15, 0.2) is 140 Å². The summed E-state index contributed by atoms with van der Waals surface area (Å²) in [7, 11) is -3.28. The molecule has 0 spiro atoms. The third kappa shape index (κ3) is 14.5. The Morgan fingerprint density at radius 2 is 1.22 bits per heavy atom. The van der Waals surface area contributed by atoms with E-state index in [4.69, 9.17) is 14.9 Å². The Morgan fingerprint density at radius 1 is 0.677 bits per heavy atom. The average molecular weight is 902 g/mol. The molecule has 5 aromatic carbocycles. The second kappa shape index (κ2) is 23.1. The van der Waals surface area contributed by atoms with Crippen molar-refractivity contribution >= 4 is 45.5 Å². The smallest absolute Gasteiger partial charge is 0.413 e. The van der Waals surface area contributed by atoms with E-state index in [2.05, 4.69) is 20.9 Å². The first kappa shape index (κ1) is 47.4. The standard InChI is InChI=1S/C49H55N7O8S/c1-36(46(57)51-32-38-18-23-42(24-19-38)45(50)53-48(59)63-34-40-14-8-4-9-15-40)52-47(58)44(27-22-37-12-6-3-7-13-37)56(49(60)64-35-41-16-10-5-11-17-41)33-39-20-25-43(26-21-39)54-28-30-55(31-29-54)65(2,61)62/h3-21,23-26,36,44H,22,27-35H2,1-2H3,(H,51,57)(H,52,58)(H2,50,53,59)/t36-,44+/m0/s1. The molecule has 16 heteroatoms. The summed E-state index contributed by atoms with van der Waals surface area (Å²) < 4.78 is 36.6. The highest BCUT2D eigenvalue weighted by molar-refractivity contribution is 7.88. The number of hydrogen-bond acceptors (Lipinski definition) is 10. The number of hydrogen-bond donors (Lipinski definition) is 4. The van der Waals surface area contributed by atoms with Crippen LogP contribution in [0, 0.1) is 5.41 Å². The van der Waals surface area contributed by atoms with E-state index in [0.29, 0.717) is 38.2 Å². The van der Waals surface area contributed by atoms with Gasteiger partial charge in [-0.05, 0) is 59.7 Å². The molecule has 1 aliphatic heterocycles. The van der Waals surface area contributed by atoms with Gasteiger partial charge in [0.15, 0.2) is 0 Å². The molecule has 340 valence electrons. The second-order valence-corrected chi connectivity index (χ2v) is 17.7. The molecule has 0 aromatic heterocycles. The molecule has 0 radical (unpaired) electrons. The van der Waals surface area contributed by atoms with Crippen LogP contribution >= 0.6 is 0 Å². The van der Waals surface area contributed by atoms with Gasteiger partial charge in [-0.1, -0.05) is 127 Å². The van der Waals surface area contributed by atoms with Gasteiger partial charge in [-0.2, -0.15) is 4.31 Å². The summed E-state index contributed by atoms with van der Waals surface area (Å²) in [5.41, 5.74) is 5.36. The maximum absolute atomic E-state index is 14.4. The molecule has 0 unspecified atom stereocenters. The molecule has 1 saturated heterocycles. The maximum atomic E-state index is 14.4. The summed E-state index contributed by atoms with van der Waals surface area (Å²) in [6.07, 6.45) is 0.448. The van der Waals surface area contributed by atoms with E-state index in [9.17, 15) is 27.6 Å². The summed E-state index contributed by atoms with van der Waals surface area (Å²) >= 11 is 0. The number of sulfonamides is 1. The number of piperazine rings is 1. The summed E-state index contributed by atoms with van der Waals surface area (Å²) in [5, 5.41) is 16.4. The van der Waals surface area contributed by atoms with Gasteiger partial charge in [0, 0.05) is 50.5 Å². The summed E-state index contributed by atoms with van der Waals surface area (Å²) in [6, 6.07) is 40.4. The number of nitrogens with one attached hydrogen (secondary N) is 4. The monoisotopic (exact) mass is 901 g/mol. The van der Waals surface area contributed by atoms with Crippen molar-refractivity contribution in [1.82, 2.24) is 25.2 Å². The summed E-state index contributed by atoms with van der Waals surface area (Å²) in [4.78, 5) is 57.7. The third-order valence-corrected chi connectivity index (χ3v) is 12.2. The van der Waals surface area contributed by atoms with Crippen molar-refractivity contribution in [3.63, 3.8) is 0 Å². The lowest BCUT2D eigenvalue weighted by molar-refractivity contribution is -0.131. The van der Waals surface area contributed by atoms with E-state index in [1.165, 1.54) is 15.5 Å². The van der Waals surface area contributed by atoms with Gasteiger partial charge in [0.2, 0.25) is 21.8 Å². The van der Waals surface area contributed by atoms with Crippen LogP contribution < -0.4 is 20.9 Å². The number of aryl methyl sites for hydroxylation is 1. The average Bonchev–Trinajstić information content (AvgIpc) is 3.32. The number of nitrogens with zero attached hydrogens (tertiary/aromatic N) is 3. The zero-order chi connectivity index (χ0) is 46.2. The first-order chi connectivity index (χ1) is 31.3. The van der Waals surface area contributed by atoms with Crippen LogP contribution in [0.4, 0.5) is 15.3 Å². The predicted molar refractivity (Wildman–Crippen MR) is 248 cm³/mol. The van der Waals surface area contributed by atoms with Crippen LogP contribution in [-0.2, 0) is 61.8 Å². The highest BCUT2D eigenvalue weighted by Crippen LogP contribution is 2.22. The van der Waals surface area contributed by atoms with Crippen molar-refractivity contribution in [2.45, 2.75) is 58.2 Å². The fourth-order valence-electron chi connectivity index (χ4n) is 7.21. The normalized spacial score (nSPS) is 13.7. The van der Waals surface area contributed by atoms with Crippen molar-refractivity contribution in [2.24, 2.45) is 0 Å². The third-order valence-electron chi connectivity index (χ3n) is 10.9. The first-order valence-electron chi connectivity index (χ1n) is 21.4. The molecule has 5 aromatic rings. The van der Waals surface area contributed by atoms with Gasteiger partial charge >= 0.3 is 12.2 Å². The molecule has 4 N–H and O–H groups in total. The number of carbonyl (C=O) groups excluding carboxylic acids is 4. The molecule has 65 heavy (non-hydrogen) atoms. The van der Waals surface area contributed by atoms with Crippen molar-refractivity contribution in [3.8, 4) is 0 Å². The van der Waals surface area contributed by atoms with Gasteiger partial charge in [-0.15, -0.1) is 0 Å². The lowest BCUT2D eigenvalue weighted by atomic mass is 10.0. The molecule has 0 aliphatic carbocycles. The van der Waals surface area contributed by atoms with Gasteiger partial charge in [0.05, 0.1) is 6.26 Å². The molecule has 0 saturated carbocycles. The van der Waals surface area contributed by atoms with E-state index in [0.717, 1.165) is 33.5 Å². The lowest BCUT2D eigenvalue weighted by Crippen LogP contribution is -2.54. The minimum Gasteiger partial charge on any atom is -0.445 e. The van der Waals surface area contributed by atoms with Crippen molar-refractivity contribution < 1.29 is 37.1 Å². The molecule has 0 bridgehead atoms. The van der Waals surface area contributed by atoms with Crippen LogP contribution in [0.1, 0.15) is 46.7 Å². The fraction of sp³-hybridized carbons (Fsp3) is 0.286. The molecular weight excluding hydrogens is 847 g/mol. The fourth-order valence-corrected chi connectivity index (χ4v) is 8.03. The molecule has 6 rings (SSSR count). The van der Waals surface area contributed by atoms with E-state index in [1.54, 1.807) is 31.2 Å². The topological polar surface area (TPSA) is 191 Å². The van der Waals surface area contributed by atoms with E-state index >= 15 is 0 Å². The SMILES string of the molecule is C[C@H](NC(=O)[C@@H](CCc1ccccc1)N(Cc1ccc(N2CCN(S(C)(=O)=O)CC2)cc1)C(=O)OCc1ccccc1)C(=O)NCc1ccc(C(=N)NC(=O)OCc2ccccc2)cc1. The van der Waals surface area contributed by atoms with Crippen LogP contribution in [0.25, 0.3) is 0 Å². The van der Waals surface area contributed by atoms with Gasteiger partial charge in [0.1, 0.15) is 31.1 Å². The summed E-state index contributed by atoms with van der Waals surface area (Å²) in [5.74, 6) is -1.13. The molecule has 1 heterocycles. The van der Waals surface area contributed by atoms with Crippen LogP contribution in [0.5, 0.6) is 0 Å². The zero-order valence-corrected chi connectivity index (χ0v) is 37.3. The molecule has 1 fully saturated rings. The molecule has 4 amide bonds. The molecule has 2 atom stereocenters. The largest absolute Gasteiger partial charge is 0.445 e. The number of ether oxygens (including phenoxy) is 2. The first-order valence-corrected chi connectivity index (χ1v) is 23.2. The van der Waals surface area contributed by atoms with Crippen LogP contribution in [0.3, 0.4) is 0 Å². The predicted octanol–water partition coefficient (Wildman–Crippen LogP) is 5.98. The lowest BCUT2D eigenvalue weighted by Gasteiger charge is -2.35. The van der Waals surface area contributed by atoms with E-state index in [-0.39, 0.29) is 38.6 Å². The minimum atomic E-state index is -3.28. The zero-order valence-electron chi connectivity index (χ0n) is 36.5. The molecule has 15 nitrogen and oxygen atoms in total. The number of benzene rings is 5. The van der Waals surface area contributed by atoms with Crippen LogP contribution in [0.2, 0.25) is 0 Å². The Morgan fingerprint density at radius 3 is 1.78 bits per heavy atom. The van der Waals surface area contributed by atoms with E-state index < -0.39 is 46.1 Å². The van der Waals surface area contributed by atoms with Gasteiger partial charge in [-0.3, -0.25) is 25.2 Å². The quantitative estimate of drug-likeness (QED) is 0.0606. The number of amides is 4. The van der Waals surface area contributed by atoms with Crippen molar-refractivity contribution in [2.75, 3.05) is 37.3 Å². The Balaban J connectivity index is 1.11. The van der Waals surface area contributed by atoms with Crippen LogP contribution in [-0.4, -0.2) is 92.0 Å². The Kier molecular flexibility index (Phi) is 16.8. The number of amidine groups is 1. The Bertz CT molecular complexity index is 2470. The Hall–Kier alpha value is -7.04. The molecule has 1 aliphatic rings. The van der Waals surface area contributed by atoms with Gasteiger partial charge < -0.3 is 25.0 Å². The minimum absolute atomic E-state index is 0.0136. The second-order valence-electron chi connectivity index (χ2n) is 15.7.